The average molecular weight is 284 g/mol. The number of hydrogen-bond donors (Lipinski definition) is 1. The van der Waals surface area contributed by atoms with Crippen LogP contribution in [0.25, 0.3) is 0 Å². The van der Waals surface area contributed by atoms with Gasteiger partial charge in [0.1, 0.15) is 5.75 Å². The largest absolute Gasteiger partial charge is 0.491 e. The van der Waals surface area contributed by atoms with Crippen LogP contribution in [0.5, 0.6) is 5.75 Å². The van der Waals surface area contributed by atoms with E-state index in [-0.39, 0.29) is 0 Å². The van der Waals surface area contributed by atoms with E-state index in [1.165, 1.54) is 6.42 Å². The van der Waals surface area contributed by atoms with Crippen molar-refractivity contribution in [1.82, 2.24) is 5.32 Å². The first kappa shape index (κ1) is 11.9. The van der Waals surface area contributed by atoms with Crippen LogP contribution < -0.4 is 10.1 Å². The molecule has 1 aliphatic heterocycles. The van der Waals surface area contributed by atoms with Crippen molar-refractivity contribution in [3.8, 4) is 5.75 Å². The van der Waals surface area contributed by atoms with Gasteiger partial charge in [-0.25, -0.2) is 0 Å². The second-order valence-corrected chi connectivity index (χ2v) is 5.40. The van der Waals surface area contributed by atoms with E-state index in [0.717, 1.165) is 35.7 Å². The van der Waals surface area contributed by atoms with Crippen molar-refractivity contribution < 1.29 is 4.74 Å². The van der Waals surface area contributed by atoms with Crippen molar-refractivity contribution in [3.05, 3.63) is 28.7 Å². The van der Waals surface area contributed by atoms with E-state index in [1.54, 1.807) is 0 Å². The predicted molar refractivity (Wildman–Crippen MR) is 69.8 cm³/mol. The van der Waals surface area contributed by atoms with Gasteiger partial charge in [-0.2, -0.15) is 0 Å². The third-order valence-corrected chi connectivity index (χ3v) is 3.45. The van der Waals surface area contributed by atoms with Crippen molar-refractivity contribution in [2.24, 2.45) is 5.92 Å². The molecule has 1 saturated heterocycles. The SMILES string of the molecule is CC(CC1CCNC1)Oc1cccc(Br)c1. The Labute approximate surface area is 106 Å². The lowest BCUT2D eigenvalue weighted by Gasteiger charge is -2.18. The van der Waals surface area contributed by atoms with Gasteiger partial charge in [-0.1, -0.05) is 22.0 Å². The number of hydrogen-bond acceptors (Lipinski definition) is 2. The van der Waals surface area contributed by atoms with Gasteiger partial charge in [0, 0.05) is 4.47 Å². The Morgan fingerprint density at radius 2 is 2.44 bits per heavy atom. The Balaban J connectivity index is 1.84. The highest BCUT2D eigenvalue weighted by molar-refractivity contribution is 9.10. The molecular weight excluding hydrogens is 266 g/mol. The maximum absolute atomic E-state index is 5.90. The number of ether oxygens (including phenoxy) is 1. The number of rotatable bonds is 4. The Morgan fingerprint density at radius 1 is 1.56 bits per heavy atom. The zero-order valence-electron chi connectivity index (χ0n) is 9.58. The van der Waals surface area contributed by atoms with Gasteiger partial charge >= 0.3 is 0 Å². The maximum Gasteiger partial charge on any atom is 0.120 e. The van der Waals surface area contributed by atoms with E-state index in [1.807, 2.05) is 24.3 Å². The molecule has 0 spiro atoms. The molecule has 0 bridgehead atoms. The van der Waals surface area contributed by atoms with Gasteiger partial charge in [-0.15, -0.1) is 0 Å². The smallest absolute Gasteiger partial charge is 0.120 e. The molecule has 1 heterocycles. The molecule has 0 saturated carbocycles. The number of benzene rings is 1. The Morgan fingerprint density at radius 3 is 3.12 bits per heavy atom. The lowest BCUT2D eigenvalue weighted by atomic mass is 10.0. The molecule has 1 aromatic rings. The van der Waals surface area contributed by atoms with Crippen molar-refractivity contribution in [2.45, 2.75) is 25.9 Å². The van der Waals surface area contributed by atoms with Crippen molar-refractivity contribution >= 4 is 15.9 Å². The summed E-state index contributed by atoms with van der Waals surface area (Å²) < 4.78 is 6.97. The van der Waals surface area contributed by atoms with E-state index in [0.29, 0.717) is 6.10 Å². The van der Waals surface area contributed by atoms with E-state index < -0.39 is 0 Å². The fourth-order valence-corrected chi connectivity index (χ4v) is 2.58. The molecule has 1 aliphatic rings. The molecule has 88 valence electrons. The second kappa shape index (κ2) is 5.69. The summed E-state index contributed by atoms with van der Waals surface area (Å²) in [6.07, 6.45) is 2.71. The normalized spacial score (nSPS) is 22.0. The van der Waals surface area contributed by atoms with Crippen molar-refractivity contribution in [2.75, 3.05) is 13.1 Å². The van der Waals surface area contributed by atoms with Gasteiger partial charge in [0.05, 0.1) is 6.10 Å². The van der Waals surface area contributed by atoms with Gasteiger partial charge in [0.15, 0.2) is 0 Å². The lowest BCUT2D eigenvalue weighted by molar-refractivity contribution is 0.189. The third kappa shape index (κ3) is 3.49. The first-order valence-corrected chi connectivity index (χ1v) is 6.66. The van der Waals surface area contributed by atoms with Crippen LogP contribution in [-0.4, -0.2) is 19.2 Å². The van der Waals surface area contributed by atoms with E-state index in [4.69, 9.17) is 4.74 Å². The molecule has 0 radical (unpaired) electrons. The summed E-state index contributed by atoms with van der Waals surface area (Å²) in [5.74, 6) is 1.73. The Kier molecular flexibility index (Phi) is 4.24. The summed E-state index contributed by atoms with van der Waals surface area (Å²) in [6, 6.07) is 8.04. The molecule has 0 amide bonds. The zero-order valence-corrected chi connectivity index (χ0v) is 11.2. The number of nitrogens with one attached hydrogen (secondary N) is 1. The zero-order chi connectivity index (χ0) is 11.4. The fourth-order valence-electron chi connectivity index (χ4n) is 2.21. The first-order valence-electron chi connectivity index (χ1n) is 5.87. The maximum atomic E-state index is 5.90. The Hall–Kier alpha value is -0.540. The van der Waals surface area contributed by atoms with Gasteiger partial charge in [-0.05, 0) is 57.0 Å². The van der Waals surface area contributed by atoms with Crippen LogP contribution in [0.3, 0.4) is 0 Å². The summed E-state index contributed by atoms with van der Waals surface area (Å²) in [7, 11) is 0. The summed E-state index contributed by atoms with van der Waals surface area (Å²) in [6.45, 7) is 4.46. The summed E-state index contributed by atoms with van der Waals surface area (Å²) in [4.78, 5) is 0. The molecule has 2 rings (SSSR count). The van der Waals surface area contributed by atoms with Gasteiger partial charge in [-0.3, -0.25) is 0 Å². The highest BCUT2D eigenvalue weighted by atomic mass is 79.9. The molecule has 16 heavy (non-hydrogen) atoms. The standard InChI is InChI=1S/C13H18BrNO/c1-10(7-11-5-6-15-9-11)16-13-4-2-3-12(14)8-13/h2-4,8,10-11,15H,5-7,9H2,1H3. The molecule has 0 aromatic heterocycles. The van der Waals surface area contributed by atoms with Gasteiger partial charge in [0.25, 0.3) is 0 Å². The highest BCUT2D eigenvalue weighted by Crippen LogP contribution is 2.22. The van der Waals surface area contributed by atoms with E-state index in [2.05, 4.69) is 28.2 Å². The van der Waals surface area contributed by atoms with Crippen molar-refractivity contribution in [3.63, 3.8) is 0 Å². The molecule has 3 heteroatoms. The predicted octanol–water partition coefficient (Wildman–Crippen LogP) is 3.22. The third-order valence-electron chi connectivity index (χ3n) is 2.96. The van der Waals surface area contributed by atoms with E-state index in [9.17, 15) is 0 Å². The van der Waals surface area contributed by atoms with E-state index >= 15 is 0 Å². The summed E-state index contributed by atoms with van der Waals surface area (Å²) >= 11 is 3.45. The minimum atomic E-state index is 0.291. The van der Waals surface area contributed by atoms with Crippen LogP contribution in [0.1, 0.15) is 19.8 Å². The second-order valence-electron chi connectivity index (χ2n) is 4.48. The topological polar surface area (TPSA) is 21.3 Å². The minimum Gasteiger partial charge on any atom is -0.491 e. The molecule has 2 atom stereocenters. The van der Waals surface area contributed by atoms with Crippen LogP contribution in [0.4, 0.5) is 0 Å². The molecule has 1 fully saturated rings. The molecule has 1 N–H and O–H groups in total. The molecule has 2 unspecified atom stereocenters. The van der Waals surface area contributed by atoms with Gasteiger partial charge < -0.3 is 10.1 Å². The Bertz CT molecular complexity index is 336. The van der Waals surface area contributed by atoms with Crippen LogP contribution >= 0.6 is 15.9 Å². The lowest BCUT2D eigenvalue weighted by Crippen LogP contribution is -2.18. The summed E-state index contributed by atoms with van der Waals surface area (Å²) in [5.41, 5.74) is 0. The average Bonchev–Trinajstić information content (AvgIpc) is 2.70. The minimum absolute atomic E-state index is 0.291. The monoisotopic (exact) mass is 283 g/mol. The van der Waals surface area contributed by atoms with Crippen LogP contribution in [0, 0.1) is 5.92 Å². The molecular formula is C13H18BrNO. The van der Waals surface area contributed by atoms with Crippen molar-refractivity contribution in [1.29, 1.82) is 0 Å². The fraction of sp³-hybridized carbons (Fsp3) is 0.538. The first-order chi connectivity index (χ1) is 7.74. The van der Waals surface area contributed by atoms with Crippen LogP contribution in [-0.2, 0) is 0 Å². The molecule has 2 nitrogen and oxygen atoms in total. The van der Waals surface area contributed by atoms with Crippen LogP contribution in [0.15, 0.2) is 28.7 Å². The van der Waals surface area contributed by atoms with Crippen LogP contribution in [0.2, 0.25) is 0 Å². The molecule has 0 aliphatic carbocycles. The quantitative estimate of drug-likeness (QED) is 0.916. The van der Waals surface area contributed by atoms with Gasteiger partial charge in [0.2, 0.25) is 0 Å². The highest BCUT2D eigenvalue weighted by Gasteiger charge is 2.18. The molecule has 1 aromatic carbocycles. The number of halogens is 1. The summed E-state index contributed by atoms with van der Waals surface area (Å²) in [5, 5.41) is 3.39.